The van der Waals surface area contributed by atoms with Crippen LogP contribution < -0.4 is 5.32 Å². The number of amides is 1. The third kappa shape index (κ3) is 4.51. The number of carboxylic acid groups (broad SMARTS) is 1. The maximum Gasteiger partial charge on any atom is 0.335 e. The monoisotopic (exact) mass is 383 g/mol. The summed E-state index contributed by atoms with van der Waals surface area (Å²) in [6.07, 6.45) is 1.60. The molecule has 1 amide bonds. The molecule has 2 N–H and O–H groups in total. The second kappa shape index (κ2) is 7.71. The predicted octanol–water partition coefficient (Wildman–Crippen LogP) is 5.39. The van der Waals surface area contributed by atoms with Crippen LogP contribution in [-0.2, 0) is 4.79 Å². The van der Waals surface area contributed by atoms with Gasteiger partial charge in [0.2, 0.25) is 0 Å². The van der Waals surface area contributed by atoms with E-state index in [4.69, 9.17) is 39.9 Å². The third-order valence-electron chi connectivity index (χ3n) is 3.15. The molecule has 2 rings (SSSR count). The van der Waals surface area contributed by atoms with Crippen LogP contribution in [0.4, 0.5) is 5.69 Å². The molecule has 4 nitrogen and oxygen atoms in total. The Morgan fingerprint density at radius 1 is 1.04 bits per heavy atom. The van der Waals surface area contributed by atoms with E-state index in [0.717, 1.165) is 0 Å². The lowest BCUT2D eigenvalue weighted by Crippen LogP contribution is -2.13. The van der Waals surface area contributed by atoms with Gasteiger partial charge in [0.05, 0.1) is 16.3 Å². The Labute approximate surface area is 153 Å². The average Bonchev–Trinajstić information content (AvgIpc) is 2.51. The third-order valence-corrected chi connectivity index (χ3v) is 4.05. The van der Waals surface area contributed by atoms with E-state index in [0.29, 0.717) is 21.2 Å². The number of aromatic carboxylic acids is 1. The van der Waals surface area contributed by atoms with Gasteiger partial charge in [-0.1, -0.05) is 40.9 Å². The molecule has 0 unspecified atom stereocenters. The van der Waals surface area contributed by atoms with Crippen molar-refractivity contribution in [1.82, 2.24) is 0 Å². The van der Waals surface area contributed by atoms with Crippen molar-refractivity contribution in [3.05, 3.63) is 68.2 Å². The van der Waals surface area contributed by atoms with Crippen LogP contribution in [0, 0.1) is 0 Å². The Bertz CT molecular complexity index is 847. The molecule has 0 fully saturated rings. The highest BCUT2D eigenvalue weighted by Gasteiger charge is 2.12. The molecule has 0 atom stereocenters. The molecular formula is C17H12Cl3NO3. The van der Waals surface area contributed by atoms with Crippen molar-refractivity contribution in [1.29, 1.82) is 0 Å². The number of carbonyl (C=O) groups excluding carboxylic acids is 1. The second-order valence-corrected chi connectivity index (χ2v) is 6.20. The Balaban J connectivity index is 2.24. The van der Waals surface area contributed by atoms with Crippen molar-refractivity contribution in [2.24, 2.45) is 0 Å². The summed E-state index contributed by atoms with van der Waals surface area (Å²) in [7, 11) is 0. The molecule has 0 bridgehead atoms. The Hall–Kier alpha value is -2.01. The molecule has 0 saturated heterocycles. The summed E-state index contributed by atoms with van der Waals surface area (Å²) in [5.74, 6) is -1.53. The normalized spacial score (nSPS) is 11.2. The van der Waals surface area contributed by atoms with Crippen LogP contribution in [0.3, 0.4) is 0 Å². The van der Waals surface area contributed by atoms with Gasteiger partial charge in [0.25, 0.3) is 5.91 Å². The lowest BCUT2D eigenvalue weighted by Gasteiger charge is -2.09. The average molecular weight is 385 g/mol. The smallest absolute Gasteiger partial charge is 0.335 e. The van der Waals surface area contributed by atoms with Crippen LogP contribution in [0.1, 0.15) is 22.8 Å². The zero-order valence-electron chi connectivity index (χ0n) is 12.4. The van der Waals surface area contributed by atoms with Crippen LogP contribution in [-0.4, -0.2) is 17.0 Å². The van der Waals surface area contributed by atoms with Crippen LogP contribution in [0.2, 0.25) is 15.1 Å². The molecule has 7 heteroatoms. The van der Waals surface area contributed by atoms with E-state index in [9.17, 15) is 9.59 Å². The standard InChI is InChI=1S/C17H12Cl3NO3/c1-9(6-10-2-4-12(18)8-14(10)20)16(22)21-15-7-11(17(23)24)3-5-13(15)19/h2-8H,1H3,(H,21,22)(H,23,24)/b9-6+. The minimum Gasteiger partial charge on any atom is -0.478 e. The minimum atomic E-state index is -1.11. The Morgan fingerprint density at radius 2 is 1.75 bits per heavy atom. The van der Waals surface area contributed by atoms with Crippen LogP contribution in [0.5, 0.6) is 0 Å². The van der Waals surface area contributed by atoms with E-state index in [1.165, 1.54) is 18.2 Å². The van der Waals surface area contributed by atoms with E-state index < -0.39 is 11.9 Å². The van der Waals surface area contributed by atoms with Crippen molar-refractivity contribution >= 4 is 58.4 Å². The first kappa shape index (κ1) is 18.3. The maximum absolute atomic E-state index is 12.3. The first-order chi connectivity index (χ1) is 11.3. The Kier molecular flexibility index (Phi) is 5.89. The largest absolute Gasteiger partial charge is 0.478 e. The number of benzene rings is 2. The number of hydrogen-bond acceptors (Lipinski definition) is 2. The molecular weight excluding hydrogens is 373 g/mol. The van der Waals surface area contributed by atoms with Crippen LogP contribution >= 0.6 is 34.8 Å². The highest BCUT2D eigenvalue weighted by atomic mass is 35.5. The maximum atomic E-state index is 12.3. The minimum absolute atomic E-state index is 0.0251. The van der Waals surface area contributed by atoms with Gasteiger partial charge in [0.15, 0.2) is 0 Å². The molecule has 2 aromatic rings. The summed E-state index contributed by atoms with van der Waals surface area (Å²) >= 11 is 17.9. The van der Waals surface area contributed by atoms with Gasteiger partial charge >= 0.3 is 5.97 Å². The van der Waals surface area contributed by atoms with Gasteiger partial charge in [0, 0.05) is 15.6 Å². The SMILES string of the molecule is C/C(=C\c1ccc(Cl)cc1Cl)C(=O)Nc1cc(C(=O)O)ccc1Cl. The van der Waals surface area contributed by atoms with E-state index in [1.807, 2.05) is 0 Å². The molecule has 0 aromatic heterocycles. The van der Waals surface area contributed by atoms with Gasteiger partial charge in [0.1, 0.15) is 0 Å². The first-order valence-electron chi connectivity index (χ1n) is 6.75. The molecule has 124 valence electrons. The summed E-state index contributed by atoms with van der Waals surface area (Å²) < 4.78 is 0. The van der Waals surface area contributed by atoms with Crippen molar-refractivity contribution in [2.45, 2.75) is 6.92 Å². The second-order valence-electron chi connectivity index (χ2n) is 4.95. The van der Waals surface area contributed by atoms with E-state index >= 15 is 0 Å². The molecule has 0 heterocycles. The van der Waals surface area contributed by atoms with Crippen molar-refractivity contribution in [2.75, 3.05) is 5.32 Å². The number of carboxylic acids is 1. The number of nitrogens with one attached hydrogen (secondary N) is 1. The van der Waals surface area contributed by atoms with Gasteiger partial charge in [-0.2, -0.15) is 0 Å². The lowest BCUT2D eigenvalue weighted by molar-refractivity contribution is -0.112. The zero-order chi connectivity index (χ0) is 17.9. The quantitative estimate of drug-likeness (QED) is 0.695. The van der Waals surface area contributed by atoms with Gasteiger partial charge in [-0.25, -0.2) is 4.79 Å². The summed E-state index contributed by atoms with van der Waals surface area (Å²) in [4.78, 5) is 23.3. The van der Waals surface area contributed by atoms with Gasteiger partial charge in [-0.15, -0.1) is 0 Å². The number of halogens is 3. The number of anilines is 1. The van der Waals surface area contributed by atoms with E-state index in [2.05, 4.69) is 5.32 Å². The van der Waals surface area contributed by atoms with Crippen molar-refractivity contribution in [3.8, 4) is 0 Å². The molecule has 0 spiro atoms. The molecule has 0 aliphatic rings. The molecule has 24 heavy (non-hydrogen) atoms. The fourth-order valence-electron chi connectivity index (χ4n) is 1.89. The van der Waals surface area contributed by atoms with Crippen LogP contribution in [0.25, 0.3) is 6.08 Å². The topological polar surface area (TPSA) is 66.4 Å². The van der Waals surface area contributed by atoms with Gasteiger partial charge < -0.3 is 10.4 Å². The van der Waals surface area contributed by atoms with Gasteiger partial charge in [-0.3, -0.25) is 4.79 Å². The number of hydrogen-bond donors (Lipinski definition) is 2. The fraction of sp³-hybridized carbons (Fsp3) is 0.0588. The highest BCUT2D eigenvalue weighted by Crippen LogP contribution is 2.25. The molecule has 0 aliphatic carbocycles. The van der Waals surface area contributed by atoms with E-state index in [1.54, 1.807) is 31.2 Å². The van der Waals surface area contributed by atoms with E-state index in [-0.39, 0.29) is 16.3 Å². The summed E-state index contributed by atoms with van der Waals surface area (Å²) in [6.45, 7) is 1.61. The highest BCUT2D eigenvalue weighted by molar-refractivity contribution is 6.36. The lowest BCUT2D eigenvalue weighted by atomic mass is 10.1. The Morgan fingerprint density at radius 3 is 2.38 bits per heavy atom. The van der Waals surface area contributed by atoms with Crippen molar-refractivity contribution < 1.29 is 14.7 Å². The molecule has 2 aromatic carbocycles. The summed E-state index contributed by atoms with van der Waals surface area (Å²) in [5.41, 5.74) is 1.25. The first-order valence-corrected chi connectivity index (χ1v) is 7.89. The molecule has 0 aliphatic heterocycles. The van der Waals surface area contributed by atoms with Crippen molar-refractivity contribution in [3.63, 3.8) is 0 Å². The zero-order valence-corrected chi connectivity index (χ0v) is 14.7. The molecule has 0 saturated carbocycles. The van der Waals surface area contributed by atoms with Crippen LogP contribution in [0.15, 0.2) is 42.0 Å². The fourth-order valence-corrected chi connectivity index (χ4v) is 2.52. The molecule has 0 radical (unpaired) electrons. The summed E-state index contributed by atoms with van der Waals surface area (Å²) in [5, 5.41) is 12.7. The number of carbonyl (C=O) groups is 2. The predicted molar refractivity (Wildman–Crippen MR) is 97.2 cm³/mol. The van der Waals surface area contributed by atoms with Gasteiger partial charge in [-0.05, 0) is 48.9 Å². The number of rotatable bonds is 4. The summed E-state index contributed by atoms with van der Waals surface area (Å²) in [6, 6.07) is 9.00.